The van der Waals surface area contributed by atoms with Crippen molar-refractivity contribution >= 4 is 11.9 Å². The number of hydrogen-bond donors (Lipinski definition) is 1. The molecule has 1 heterocycles. The van der Waals surface area contributed by atoms with Gasteiger partial charge in [-0.15, -0.1) is 0 Å². The third kappa shape index (κ3) is 4.64. The van der Waals surface area contributed by atoms with Gasteiger partial charge in [0.2, 0.25) is 5.91 Å². The Morgan fingerprint density at radius 3 is 2.23 bits per heavy atom. The number of hydrogen-bond acceptors (Lipinski definition) is 3. The van der Waals surface area contributed by atoms with E-state index in [4.69, 9.17) is 5.11 Å². The first-order valence-corrected chi connectivity index (χ1v) is 9.88. The van der Waals surface area contributed by atoms with Crippen molar-refractivity contribution in [3.63, 3.8) is 0 Å². The second-order valence-corrected chi connectivity index (χ2v) is 7.66. The Balaban J connectivity index is 1.54. The largest absolute Gasteiger partial charge is 0.481 e. The SMILES string of the molecule is CC(c1ccc(C2CCCCC2)cc1)N1CCN(C(=O)CC(=O)O)CC1. The molecule has 0 radical (unpaired) electrons. The molecule has 3 rings (SSSR count). The summed E-state index contributed by atoms with van der Waals surface area (Å²) in [5.41, 5.74) is 2.79. The maximum Gasteiger partial charge on any atom is 0.312 e. The summed E-state index contributed by atoms with van der Waals surface area (Å²) >= 11 is 0. The zero-order valence-corrected chi connectivity index (χ0v) is 15.7. The molecular formula is C21H30N2O3. The highest BCUT2D eigenvalue weighted by Crippen LogP contribution is 2.33. The van der Waals surface area contributed by atoms with Crippen molar-refractivity contribution in [2.24, 2.45) is 0 Å². The van der Waals surface area contributed by atoms with Gasteiger partial charge in [0.1, 0.15) is 6.42 Å². The van der Waals surface area contributed by atoms with E-state index in [1.807, 2.05) is 0 Å². The lowest BCUT2D eigenvalue weighted by molar-refractivity contribution is -0.145. The number of aliphatic carboxylic acids is 1. The maximum absolute atomic E-state index is 11.9. The van der Waals surface area contributed by atoms with Gasteiger partial charge >= 0.3 is 5.97 Å². The number of carboxylic acids is 1. The Morgan fingerprint density at radius 1 is 1.04 bits per heavy atom. The van der Waals surface area contributed by atoms with Crippen molar-refractivity contribution in [2.75, 3.05) is 26.2 Å². The van der Waals surface area contributed by atoms with Crippen molar-refractivity contribution < 1.29 is 14.7 Å². The Hall–Kier alpha value is -1.88. The van der Waals surface area contributed by atoms with Crippen LogP contribution >= 0.6 is 0 Å². The quantitative estimate of drug-likeness (QED) is 0.820. The number of piperazine rings is 1. The number of amides is 1. The van der Waals surface area contributed by atoms with E-state index < -0.39 is 12.4 Å². The second-order valence-electron chi connectivity index (χ2n) is 7.66. The monoisotopic (exact) mass is 358 g/mol. The van der Waals surface area contributed by atoms with Crippen LogP contribution in [-0.2, 0) is 9.59 Å². The molecule has 1 saturated heterocycles. The van der Waals surface area contributed by atoms with Crippen molar-refractivity contribution in [3.05, 3.63) is 35.4 Å². The Kier molecular flexibility index (Phi) is 6.30. The summed E-state index contributed by atoms with van der Waals surface area (Å²) in [6.07, 6.45) is 6.33. The normalized spacial score (nSPS) is 20.7. The highest BCUT2D eigenvalue weighted by atomic mass is 16.4. The van der Waals surface area contributed by atoms with Gasteiger partial charge in [-0.05, 0) is 36.8 Å². The number of carbonyl (C=O) groups excluding carboxylic acids is 1. The predicted octanol–water partition coefficient (Wildman–Crippen LogP) is 3.41. The molecule has 26 heavy (non-hydrogen) atoms. The lowest BCUT2D eigenvalue weighted by Gasteiger charge is -2.38. The number of rotatable bonds is 5. The highest BCUT2D eigenvalue weighted by molar-refractivity contribution is 5.93. The molecule has 5 nitrogen and oxygen atoms in total. The molecule has 1 aliphatic heterocycles. The van der Waals surface area contributed by atoms with Crippen LogP contribution in [0.5, 0.6) is 0 Å². The molecule has 1 aromatic carbocycles. The summed E-state index contributed by atoms with van der Waals surface area (Å²) in [5.74, 6) is -0.595. The summed E-state index contributed by atoms with van der Waals surface area (Å²) in [5, 5.41) is 8.76. The van der Waals surface area contributed by atoms with Crippen molar-refractivity contribution in [1.29, 1.82) is 0 Å². The van der Waals surface area contributed by atoms with Crippen LogP contribution in [-0.4, -0.2) is 53.0 Å². The Bertz CT molecular complexity index is 615. The predicted molar refractivity (Wildman–Crippen MR) is 101 cm³/mol. The third-order valence-electron chi connectivity index (χ3n) is 6.01. The molecule has 5 heteroatoms. The van der Waals surface area contributed by atoms with Crippen LogP contribution in [0.25, 0.3) is 0 Å². The number of nitrogens with zero attached hydrogens (tertiary/aromatic N) is 2. The van der Waals surface area contributed by atoms with Crippen LogP contribution < -0.4 is 0 Å². The summed E-state index contributed by atoms with van der Waals surface area (Å²) in [6, 6.07) is 9.43. The number of carbonyl (C=O) groups is 2. The van der Waals surface area contributed by atoms with Crippen LogP contribution in [0.15, 0.2) is 24.3 Å². The van der Waals surface area contributed by atoms with Gasteiger partial charge in [-0.2, -0.15) is 0 Å². The molecule has 2 fully saturated rings. The van der Waals surface area contributed by atoms with Crippen LogP contribution in [0.3, 0.4) is 0 Å². The molecule has 1 unspecified atom stereocenters. The first-order chi connectivity index (χ1) is 12.5. The summed E-state index contributed by atoms with van der Waals surface area (Å²) in [4.78, 5) is 26.6. The molecule has 1 saturated carbocycles. The zero-order valence-electron chi connectivity index (χ0n) is 15.7. The summed E-state index contributed by atoms with van der Waals surface area (Å²) in [7, 11) is 0. The molecular weight excluding hydrogens is 328 g/mol. The van der Waals surface area contributed by atoms with Crippen molar-refractivity contribution in [3.8, 4) is 0 Å². The minimum atomic E-state index is -1.05. The molecule has 1 aromatic rings. The summed E-state index contributed by atoms with van der Waals surface area (Å²) in [6.45, 7) is 5.01. The zero-order chi connectivity index (χ0) is 18.5. The van der Waals surface area contributed by atoms with Crippen molar-refractivity contribution in [2.45, 2.75) is 57.4 Å². The maximum atomic E-state index is 11.9. The van der Waals surface area contributed by atoms with Gasteiger partial charge in [0.15, 0.2) is 0 Å². The fraction of sp³-hybridized carbons (Fsp3) is 0.619. The molecule has 0 aromatic heterocycles. The van der Waals surface area contributed by atoms with E-state index >= 15 is 0 Å². The number of carboxylic acid groups (broad SMARTS) is 1. The van der Waals surface area contributed by atoms with E-state index in [2.05, 4.69) is 36.1 Å². The summed E-state index contributed by atoms with van der Waals surface area (Å²) < 4.78 is 0. The van der Waals surface area contributed by atoms with Crippen LogP contribution in [0, 0.1) is 0 Å². The molecule has 142 valence electrons. The molecule has 0 spiro atoms. The Labute approximate surface area is 156 Å². The van der Waals surface area contributed by atoms with Gasteiger partial charge in [0, 0.05) is 32.2 Å². The Morgan fingerprint density at radius 2 is 1.65 bits per heavy atom. The smallest absolute Gasteiger partial charge is 0.312 e. The standard InChI is InChI=1S/C21H30N2O3/c1-16(22-11-13-23(14-12-22)20(24)15-21(25)26)17-7-9-19(10-8-17)18-5-3-2-4-6-18/h7-10,16,18H,2-6,11-15H2,1H3,(H,25,26). The van der Waals surface area contributed by atoms with Crippen LogP contribution in [0.1, 0.15) is 68.5 Å². The molecule has 0 bridgehead atoms. The van der Waals surface area contributed by atoms with E-state index in [0.717, 1.165) is 19.0 Å². The van der Waals surface area contributed by atoms with E-state index in [0.29, 0.717) is 19.1 Å². The minimum Gasteiger partial charge on any atom is -0.481 e. The first kappa shape index (κ1) is 18.9. The fourth-order valence-electron chi connectivity index (χ4n) is 4.29. The molecule has 1 aliphatic carbocycles. The minimum absolute atomic E-state index is 0.276. The molecule has 2 aliphatic rings. The van der Waals surface area contributed by atoms with Crippen LogP contribution in [0.4, 0.5) is 0 Å². The van der Waals surface area contributed by atoms with Gasteiger partial charge in [0.25, 0.3) is 0 Å². The topological polar surface area (TPSA) is 60.9 Å². The molecule has 1 atom stereocenters. The molecule has 1 amide bonds. The van der Waals surface area contributed by atoms with Gasteiger partial charge in [-0.3, -0.25) is 14.5 Å². The van der Waals surface area contributed by atoms with Crippen molar-refractivity contribution in [1.82, 2.24) is 9.80 Å². The van der Waals surface area contributed by atoms with E-state index in [-0.39, 0.29) is 5.91 Å². The van der Waals surface area contributed by atoms with Gasteiger partial charge in [-0.25, -0.2) is 0 Å². The van der Waals surface area contributed by atoms with E-state index in [1.165, 1.54) is 43.2 Å². The van der Waals surface area contributed by atoms with Crippen LogP contribution in [0.2, 0.25) is 0 Å². The second kappa shape index (κ2) is 8.67. The van der Waals surface area contributed by atoms with E-state index in [1.54, 1.807) is 4.90 Å². The lowest BCUT2D eigenvalue weighted by Crippen LogP contribution is -2.49. The van der Waals surface area contributed by atoms with Gasteiger partial charge in [0.05, 0.1) is 0 Å². The van der Waals surface area contributed by atoms with Gasteiger partial charge < -0.3 is 10.0 Å². The van der Waals surface area contributed by atoms with E-state index in [9.17, 15) is 9.59 Å². The highest BCUT2D eigenvalue weighted by Gasteiger charge is 2.26. The fourth-order valence-corrected chi connectivity index (χ4v) is 4.29. The average Bonchev–Trinajstić information content (AvgIpc) is 2.68. The number of benzene rings is 1. The average molecular weight is 358 g/mol. The third-order valence-corrected chi connectivity index (χ3v) is 6.01. The molecule has 1 N–H and O–H groups in total. The lowest BCUT2D eigenvalue weighted by atomic mass is 9.83. The van der Waals surface area contributed by atoms with Gasteiger partial charge in [-0.1, -0.05) is 43.5 Å². The first-order valence-electron chi connectivity index (χ1n) is 9.88.